The van der Waals surface area contributed by atoms with Crippen LogP contribution in [0.4, 0.5) is 0 Å². The van der Waals surface area contributed by atoms with Crippen LogP contribution in [-0.4, -0.2) is 11.8 Å². The molecule has 2 amide bonds. The number of rotatable bonds is 1. The molecule has 0 radical (unpaired) electrons. The molecule has 3 rings (SSSR count). The number of hydrogen-bond donors (Lipinski definition) is 1. The van der Waals surface area contributed by atoms with Gasteiger partial charge in [0.25, 0.3) is 0 Å². The minimum absolute atomic E-state index is 0.224. The number of carbonyl (C=O) groups is 2. The number of benzene rings is 1. The van der Waals surface area contributed by atoms with Gasteiger partial charge in [-0.3, -0.25) is 14.9 Å². The lowest BCUT2D eigenvalue weighted by molar-refractivity contribution is -0.134. The van der Waals surface area contributed by atoms with Gasteiger partial charge in [-0.25, -0.2) is 0 Å². The molecule has 1 fully saturated rings. The average molecular weight is 253 g/mol. The van der Waals surface area contributed by atoms with Gasteiger partial charge in [-0.05, 0) is 24.6 Å². The van der Waals surface area contributed by atoms with Crippen molar-refractivity contribution in [3.8, 4) is 12.3 Å². The van der Waals surface area contributed by atoms with E-state index < -0.39 is 0 Å². The number of amides is 2. The molecule has 1 N–H and O–H groups in total. The molecule has 94 valence electrons. The van der Waals surface area contributed by atoms with Crippen LogP contribution in [0.1, 0.15) is 29.9 Å². The maximum atomic E-state index is 11.9. The van der Waals surface area contributed by atoms with Gasteiger partial charge < -0.3 is 4.42 Å². The highest BCUT2D eigenvalue weighted by molar-refractivity contribution is 6.02. The largest absolute Gasteiger partial charge is 0.464 e. The molecule has 0 saturated carbocycles. The maximum absolute atomic E-state index is 11.9. The highest BCUT2D eigenvalue weighted by Gasteiger charge is 2.30. The van der Waals surface area contributed by atoms with E-state index in [-0.39, 0.29) is 17.7 Å². The summed E-state index contributed by atoms with van der Waals surface area (Å²) in [5.41, 5.74) is 2.22. The number of furan rings is 1. The number of imide groups is 1. The first kappa shape index (κ1) is 11.5. The first-order valence-electron chi connectivity index (χ1n) is 6.00. The van der Waals surface area contributed by atoms with E-state index in [4.69, 9.17) is 10.8 Å². The Labute approximate surface area is 109 Å². The lowest BCUT2D eigenvalue weighted by atomic mass is 9.90. The van der Waals surface area contributed by atoms with Crippen LogP contribution in [0.3, 0.4) is 0 Å². The number of hydrogen-bond acceptors (Lipinski definition) is 3. The van der Waals surface area contributed by atoms with Gasteiger partial charge in [0.15, 0.2) is 0 Å². The van der Waals surface area contributed by atoms with E-state index in [9.17, 15) is 9.59 Å². The van der Waals surface area contributed by atoms with Crippen molar-refractivity contribution < 1.29 is 14.0 Å². The van der Waals surface area contributed by atoms with E-state index in [1.165, 1.54) is 0 Å². The van der Waals surface area contributed by atoms with Crippen LogP contribution in [0.5, 0.6) is 0 Å². The summed E-state index contributed by atoms with van der Waals surface area (Å²) in [7, 11) is 0. The van der Waals surface area contributed by atoms with Gasteiger partial charge in [-0.2, -0.15) is 0 Å². The van der Waals surface area contributed by atoms with E-state index in [0.717, 1.165) is 16.5 Å². The van der Waals surface area contributed by atoms with E-state index in [1.54, 1.807) is 18.4 Å². The van der Waals surface area contributed by atoms with Crippen LogP contribution in [0, 0.1) is 12.3 Å². The Balaban J connectivity index is 2.08. The Morgan fingerprint density at radius 1 is 1.37 bits per heavy atom. The number of terminal acetylenes is 1. The summed E-state index contributed by atoms with van der Waals surface area (Å²) >= 11 is 0. The normalized spacial score (nSPS) is 19.2. The first-order valence-corrected chi connectivity index (χ1v) is 6.00. The Hall–Kier alpha value is -2.54. The summed E-state index contributed by atoms with van der Waals surface area (Å²) in [5, 5.41) is 3.19. The molecule has 0 aliphatic carbocycles. The number of carbonyl (C=O) groups excluding carboxylic acids is 2. The minimum atomic E-state index is -0.355. The molecule has 1 aliphatic heterocycles. The summed E-state index contributed by atoms with van der Waals surface area (Å²) in [6.07, 6.45) is 7.80. The van der Waals surface area contributed by atoms with Crippen molar-refractivity contribution >= 4 is 22.8 Å². The predicted octanol–water partition coefficient (Wildman–Crippen LogP) is 1.93. The second kappa shape index (κ2) is 4.29. The molecule has 19 heavy (non-hydrogen) atoms. The third-order valence-electron chi connectivity index (χ3n) is 3.38. The van der Waals surface area contributed by atoms with Crippen LogP contribution in [0.15, 0.2) is 28.9 Å². The molecule has 2 aromatic rings. The fourth-order valence-corrected chi connectivity index (χ4v) is 2.40. The molecule has 0 bridgehead atoms. The molecule has 1 atom stereocenters. The summed E-state index contributed by atoms with van der Waals surface area (Å²) in [4.78, 5) is 23.1. The molecule has 0 spiro atoms. The SMILES string of the molecule is C#Cc1ccc2occ(C3CCC(=O)NC3=O)c2c1. The maximum Gasteiger partial charge on any atom is 0.234 e. The van der Waals surface area contributed by atoms with Crippen molar-refractivity contribution in [1.82, 2.24) is 5.32 Å². The van der Waals surface area contributed by atoms with Gasteiger partial charge >= 0.3 is 0 Å². The molecule has 1 aromatic carbocycles. The Morgan fingerprint density at radius 3 is 2.95 bits per heavy atom. The van der Waals surface area contributed by atoms with Crippen molar-refractivity contribution in [3.05, 3.63) is 35.6 Å². The van der Waals surface area contributed by atoms with Crippen molar-refractivity contribution in [2.24, 2.45) is 0 Å². The zero-order valence-electron chi connectivity index (χ0n) is 10.1. The quantitative estimate of drug-likeness (QED) is 0.624. The average Bonchev–Trinajstić information content (AvgIpc) is 2.81. The lowest BCUT2D eigenvalue weighted by Crippen LogP contribution is -2.39. The smallest absolute Gasteiger partial charge is 0.234 e. The van der Waals surface area contributed by atoms with E-state index >= 15 is 0 Å². The van der Waals surface area contributed by atoms with Gasteiger partial charge in [-0.1, -0.05) is 5.92 Å². The number of fused-ring (bicyclic) bond motifs is 1. The molecule has 4 nitrogen and oxygen atoms in total. The third-order valence-corrected chi connectivity index (χ3v) is 3.38. The van der Waals surface area contributed by atoms with Gasteiger partial charge in [0.1, 0.15) is 5.58 Å². The Bertz CT molecular complexity index is 721. The van der Waals surface area contributed by atoms with E-state index in [2.05, 4.69) is 11.2 Å². The van der Waals surface area contributed by atoms with Crippen LogP contribution >= 0.6 is 0 Å². The molecular formula is C15H11NO3. The predicted molar refractivity (Wildman–Crippen MR) is 69.3 cm³/mol. The molecule has 2 heterocycles. The number of piperidine rings is 1. The van der Waals surface area contributed by atoms with Crippen molar-refractivity contribution in [2.45, 2.75) is 18.8 Å². The molecule has 1 unspecified atom stereocenters. The summed E-state index contributed by atoms with van der Waals surface area (Å²) < 4.78 is 5.44. The topological polar surface area (TPSA) is 59.3 Å². The fourth-order valence-electron chi connectivity index (χ4n) is 2.40. The Kier molecular flexibility index (Phi) is 2.60. The zero-order valence-corrected chi connectivity index (χ0v) is 10.1. The lowest BCUT2D eigenvalue weighted by Gasteiger charge is -2.19. The zero-order chi connectivity index (χ0) is 13.4. The van der Waals surface area contributed by atoms with Crippen molar-refractivity contribution in [2.75, 3.05) is 0 Å². The standard InChI is InChI=1S/C15H11NO3/c1-2-9-3-5-13-11(7-9)12(8-19-13)10-4-6-14(17)16-15(10)18/h1,3,5,7-8,10H,4,6H2,(H,16,17,18). The van der Waals surface area contributed by atoms with Crippen LogP contribution < -0.4 is 5.32 Å². The summed E-state index contributed by atoms with van der Waals surface area (Å²) in [6, 6.07) is 5.41. The molecule has 1 aliphatic rings. The number of nitrogens with one attached hydrogen (secondary N) is 1. The second-order valence-corrected chi connectivity index (χ2v) is 4.55. The van der Waals surface area contributed by atoms with Gasteiger partial charge in [0, 0.05) is 22.9 Å². The third kappa shape index (κ3) is 1.89. The van der Waals surface area contributed by atoms with Crippen LogP contribution in [0.2, 0.25) is 0 Å². The fraction of sp³-hybridized carbons (Fsp3) is 0.200. The van der Waals surface area contributed by atoms with Crippen LogP contribution in [0.25, 0.3) is 11.0 Å². The summed E-state index contributed by atoms with van der Waals surface area (Å²) in [6.45, 7) is 0. The molecule has 4 heteroatoms. The summed E-state index contributed by atoms with van der Waals surface area (Å²) in [5.74, 6) is 1.71. The Morgan fingerprint density at radius 2 is 2.21 bits per heavy atom. The first-order chi connectivity index (χ1) is 9.19. The minimum Gasteiger partial charge on any atom is -0.464 e. The highest BCUT2D eigenvalue weighted by atomic mass is 16.3. The van der Waals surface area contributed by atoms with Crippen LogP contribution in [-0.2, 0) is 9.59 Å². The second-order valence-electron chi connectivity index (χ2n) is 4.55. The van der Waals surface area contributed by atoms with E-state index in [0.29, 0.717) is 18.4 Å². The molecule has 1 aromatic heterocycles. The molecule has 1 saturated heterocycles. The monoisotopic (exact) mass is 253 g/mol. The molecular weight excluding hydrogens is 242 g/mol. The van der Waals surface area contributed by atoms with Gasteiger partial charge in [0.2, 0.25) is 11.8 Å². The van der Waals surface area contributed by atoms with Gasteiger partial charge in [0.05, 0.1) is 12.2 Å². The van der Waals surface area contributed by atoms with Crippen molar-refractivity contribution in [3.63, 3.8) is 0 Å². The van der Waals surface area contributed by atoms with Crippen molar-refractivity contribution in [1.29, 1.82) is 0 Å². The van der Waals surface area contributed by atoms with E-state index in [1.807, 2.05) is 6.07 Å². The highest BCUT2D eigenvalue weighted by Crippen LogP contribution is 2.32. The van der Waals surface area contributed by atoms with Gasteiger partial charge in [-0.15, -0.1) is 6.42 Å².